The molecule has 1 unspecified atom stereocenters. The van der Waals surface area contributed by atoms with E-state index in [4.69, 9.17) is 0 Å². The van der Waals surface area contributed by atoms with E-state index in [1.54, 1.807) is 9.80 Å². The van der Waals surface area contributed by atoms with Crippen molar-refractivity contribution in [2.45, 2.75) is 25.8 Å². The summed E-state index contributed by atoms with van der Waals surface area (Å²) >= 11 is 0. The number of hydrogen-bond donors (Lipinski definition) is 0. The van der Waals surface area contributed by atoms with Crippen LogP contribution in [0.4, 0.5) is 16.2 Å². The number of benzene rings is 2. The van der Waals surface area contributed by atoms with Gasteiger partial charge in [0.1, 0.15) is 0 Å². The Morgan fingerprint density at radius 1 is 1.04 bits per heavy atom. The molecule has 3 amide bonds. The van der Waals surface area contributed by atoms with Gasteiger partial charge in [-0.3, -0.25) is 9.69 Å². The number of nitrogens with zero attached hydrogens (tertiary/aromatic N) is 3. The minimum absolute atomic E-state index is 0.0357. The van der Waals surface area contributed by atoms with Gasteiger partial charge in [0.05, 0.1) is 17.4 Å². The predicted octanol–water partition coefficient (Wildman–Crippen LogP) is 3.89. The van der Waals surface area contributed by atoms with Gasteiger partial charge < -0.3 is 9.80 Å². The van der Waals surface area contributed by atoms with Crippen molar-refractivity contribution in [2.24, 2.45) is 0 Å². The fourth-order valence-corrected chi connectivity index (χ4v) is 3.46. The van der Waals surface area contributed by atoms with Crippen molar-refractivity contribution >= 4 is 23.8 Å². The molecule has 1 heterocycles. The Morgan fingerprint density at radius 2 is 1.62 bits per heavy atom. The van der Waals surface area contributed by atoms with Gasteiger partial charge in [0.25, 0.3) is 0 Å². The number of urea groups is 1. The van der Waals surface area contributed by atoms with Gasteiger partial charge >= 0.3 is 6.03 Å². The standard InChI is InChI=1S/C21H25N3O2/c1-2-9-20-16-22(17-25)14-15-23(20)21(26)24(18-10-5-3-6-11-18)19-12-7-4-8-13-19/h3-8,10-13,17,20H,2,9,14-16H2,1H3. The Labute approximate surface area is 154 Å². The van der Waals surface area contributed by atoms with Crippen LogP contribution in [0.25, 0.3) is 0 Å². The van der Waals surface area contributed by atoms with E-state index in [1.807, 2.05) is 65.6 Å². The number of anilines is 2. The largest absolute Gasteiger partial charge is 0.341 e. The van der Waals surface area contributed by atoms with E-state index < -0.39 is 0 Å². The average Bonchev–Trinajstić information content (AvgIpc) is 2.70. The van der Waals surface area contributed by atoms with Crippen molar-refractivity contribution in [3.8, 4) is 0 Å². The van der Waals surface area contributed by atoms with Gasteiger partial charge in [0.2, 0.25) is 6.41 Å². The topological polar surface area (TPSA) is 43.9 Å². The van der Waals surface area contributed by atoms with Crippen molar-refractivity contribution in [2.75, 3.05) is 24.5 Å². The highest BCUT2D eigenvalue weighted by Gasteiger charge is 2.33. The molecule has 0 saturated carbocycles. The monoisotopic (exact) mass is 351 g/mol. The predicted molar refractivity (Wildman–Crippen MR) is 103 cm³/mol. The number of rotatable bonds is 5. The maximum absolute atomic E-state index is 13.5. The normalized spacial score (nSPS) is 17.0. The second-order valence-electron chi connectivity index (χ2n) is 6.53. The zero-order chi connectivity index (χ0) is 18.4. The van der Waals surface area contributed by atoms with Crippen LogP contribution < -0.4 is 4.90 Å². The van der Waals surface area contributed by atoms with E-state index in [9.17, 15) is 9.59 Å². The van der Waals surface area contributed by atoms with E-state index in [0.717, 1.165) is 30.6 Å². The summed E-state index contributed by atoms with van der Waals surface area (Å²) in [6.45, 7) is 3.83. The zero-order valence-electron chi connectivity index (χ0n) is 15.1. The molecule has 0 aliphatic carbocycles. The summed E-state index contributed by atoms with van der Waals surface area (Å²) in [6.07, 6.45) is 2.74. The maximum atomic E-state index is 13.5. The van der Waals surface area contributed by atoms with Crippen molar-refractivity contribution in [1.82, 2.24) is 9.80 Å². The summed E-state index contributed by atoms with van der Waals surface area (Å²) in [6, 6.07) is 19.4. The molecule has 1 saturated heterocycles. The fourth-order valence-electron chi connectivity index (χ4n) is 3.46. The number of para-hydroxylation sites is 2. The van der Waals surface area contributed by atoms with Crippen LogP contribution in [0.5, 0.6) is 0 Å². The molecule has 0 N–H and O–H groups in total. The first-order chi connectivity index (χ1) is 12.7. The minimum atomic E-state index is -0.0357. The summed E-state index contributed by atoms with van der Waals surface area (Å²) < 4.78 is 0. The Hall–Kier alpha value is -2.82. The third-order valence-corrected chi connectivity index (χ3v) is 4.75. The van der Waals surface area contributed by atoms with Crippen LogP contribution in [0.2, 0.25) is 0 Å². The number of amides is 3. The number of carbonyl (C=O) groups excluding carboxylic acids is 2. The lowest BCUT2D eigenvalue weighted by Crippen LogP contribution is -2.57. The molecule has 2 aromatic rings. The number of hydrogen-bond acceptors (Lipinski definition) is 2. The van der Waals surface area contributed by atoms with Gasteiger partial charge in [-0.2, -0.15) is 0 Å². The van der Waals surface area contributed by atoms with Crippen LogP contribution >= 0.6 is 0 Å². The third kappa shape index (κ3) is 3.87. The highest BCUT2D eigenvalue weighted by molar-refractivity contribution is 5.99. The quantitative estimate of drug-likeness (QED) is 0.767. The van der Waals surface area contributed by atoms with Crippen molar-refractivity contribution in [3.05, 3.63) is 60.7 Å². The van der Waals surface area contributed by atoms with Gasteiger partial charge in [-0.15, -0.1) is 0 Å². The summed E-state index contributed by atoms with van der Waals surface area (Å²) in [5.74, 6) is 0. The maximum Gasteiger partial charge on any atom is 0.329 e. The van der Waals surface area contributed by atoms with Crippen LogP contribution in [0.1, 0.15) is 19.8 Å². The minimum Gasteiger partial charge on any atom is -0.341 e. The summed E-state index contributed by atoms with van der Waals surface area (Å²) in [5, 5.41) is 0. The van der Waals surface area contributed by atoms with E-state index in [0.29, 0.717) is 19.6 Å². The van der Waals surface area contributed by atoms with E-state index in [-0.39, 0.29) is 12.1 Å². The van der Waals surface area contributed by atoms with Crippen LogP contribution in [0.3, 0.4) is 0 Å². The third-order valence-electron chi connectivity index (χ3n) is 4.75. The van der Waals surface area contributed by atoms with E-state index >= 15 is 0 Å². The molecule has 1 aliphatic rings. The number of carbonyl (C=O) groups is 2. The SMILES string of the molecule is CCCC1CN(C=O)CCN1C(=O)N(c1ccccc1)c1ccccc1. The molecule has 1 fully saturated rings. The van der Waals surface area contributed by atoms with Gasteiger partial charge in [-0.1, -0.05) is 49.7 Å². The summed E-state index contributed by atoms with van der Waals surface area (Å²) in [7, 11) is 0. The first-order valence-corrected chi connectivity index (χ1v) is 9.14. The Bertz CT molecular complexity index is 681. The molecule has 0 aromatic heterocycles. The molecule has 0 bridgehead atoms. The molecule has 1 aliphatic heterocycles. The lowest BCUT2D eigenvalue weighted by Gasteiger charge is -2.42. The molecular weight excluding hydrogens is 326 g/mol. The van der Waals surface area contributed by atoms with Crippen LogP contribution in [0.15, 0.2) is 60.7 Å². The second kappa shape index (κ2) is 8.52. The van der Waals surface area contributed by atoms with Gasteiger partial charge in [0, 0.05) is 19.6 Å². The lowest BCUT2D eigenvalue weighted by molar-refractivity contribution is -0.120. The summed E-state index contributed by atoms with van der Waals surface area (Å²) in [5.41, 5.74) is 1.69. The molecule has 3 rings (SSSR count). The highest BCUT2D eigenvalue weighted by Crippen LogP contribution is 2.28. The highest BCUT2D eigenvalue weighted by atomic mass is 16.2. The molecule has 2 aromatic carbocycles. The molecular formula is C21H25N3O2. The zero-order valence-corrected chi connectivity index (χ0v) is 15.1. The smallest absolute Gasteiger partial charge is 0.329 e. The molecule has 1 atom stereocenters. The molecule has 26 heavy (non-hydrogen) atoms. The molecule has 5 heteroatoms. The van der Waals surface area contributed by atoms with Crippen molar-refractivity contribution < 1.29 is 9.59 Å². The van der Waals surface area contributed by atoms with Crippen LogP contribution in [0, 0.1) is 0 Å². The average molecular weight is 351 g/mol. The Balaban J connectivity index is 1.93. The van der Waals surface area contributed by atoms with Crippen molar-refractivity contribution in [3.63, 3.8) is 0 Å². The van der Waals surface area contributed by atoms with Crippen LogP contribution in [-0.2, 0) is 4.79 Å². The van der Waals surface area contributed by atoms with E-state index in [2.05, 4.69) is 6.92 Å². The second-order valence-corrected chi connectivity index (χ2v) is 6.53. The molecule has 5 nitrogen and oxygen atoms in total. The summed E-state index contributed by atoms with van der Waals surface area (Å²) in [4.78, 5) is 30.1. The molecule has 136 valence electrons. The van der Waals surface area contributed by atoms with E-state index in [1.165, 1.54) is 0 Å². The van der Waals surface area contributed by atoms with Crippen molar-refractivity contribution in [1.29, 1.82) is 0 Å². The fraction of sp³-hybridized carbons (Fsp3) is 0.333. The molecule has 0 radical (unpaired) electrons. The van der Waals surface area contributed by atoms with Crippen LogP contribution in [-0.4, -0.2) is 47.9 Å². The van der Waals surface area contributed by atoms with Gasteiger partial charge in [-0.05, 0) is 30.7 Å². The Kier molecular flexibility index (Phi) is 5.89. The van der Waals surface area contributed by atoms with Gasteiger partial charge in [-0.25, -0.2) is 4.79 Å². The first kappa shape index (κ1) is 18.0. The first-order valence-electron chi connectivity index (χ1n) is 9.14. The van der Waals surface area contributed by atoms with Gasteiger partial charge in [0.15, 0.2) is 0 Å². The Morgan fingerprint density at radius 3 is 2.12 bits per heavy atom. The molecule has 0 spiro atoms. The number of piperazine rings is 1. The lowest BCUT2D eigenvalue weighted by atomic mass is 10.1.